The van der Waals surface area contributed by atoms with Crippen molar-refractivity contribution in [3.63, 3.8) is 0 Å². The lowest BCUT2D eigenvalue weighted by atomic mass is 10.1. The second kappa shape index (κ2) is 7.93. The zero-order valence-corrected chi connectivity index (χ0v) is 16.6. The molecule has 9 heteroatoms. The number of fused-ring (bicyclic) bond motifs is 1. The quantitative estimate of drug-likeness (QED) is 0.603. The van der Waals surface area contributed by atoms with Gasteiger partial charge in [-0.2, -0.15) is 9.61 Å². The lowest BCUT2D eigenvalue weighted by Gasteiger charge is -2.29. The molecule has 27 heavy (non-hydrogen) atoms. The number of likely N-dealkylation sites (tertiary alicyclic amines) is 1. The van der Waals surface area contributed by atoms with E-state index in [0.717, 1.165) is 32.4 Å². The van der Waals surface area contributed by atoms with E-state index in [4.69, 9.17) is 0 Å². The second-order valence-corrected chi connectivity index (χ2v) is 8.60. The molecule has 1 atom stereocenters. The van der Waals surface area contributed by atoms with Gasteiger partial charge >= 0.3 is 0 Å². The van der Waals surface area contributed by atoms with Gasteiger partial charge in [0.2, 0.25) is 5.91 Å². The van der Waals surface area contributed by atoms with Crippen molar-refractivity contribution in [1.82, 2.24) is 24.7 Å². The molecule has 1 aliphatic heterocycles. The smallest absolute Gasteiger partial charge is 0.236 e. The fraction of sp³-hybridized carbons (Fsp3) is 0.444. The molecule has 0 spiro atoms. The Hall–Kier alpha value is -2.00. The summed E-state index contributed by atoms with van der Waals surface area (Å²) in [6, 6.07) is 5.05. The highest BCUT2D eigenvalue weighted by atomic mass is 32.2. The minimum absolute atomic E-state index is 0.175. The van der Waals surface area contributed by atoms with E-state index >= 15 is 0 Å². The molecular formula is C18H20FN5OS2. The van der Waals surface area contributed by atoms with Gasteiger partial charge in [0.15, 0.2) is 11.5 Å². The van der Waals surface area contributed by atoms with Crippen molar-refractivity contribution in [3.05, 3.63) is 29.4 Å². The van der Waals surface area contributed by atoms with Crippen molar-refractivity contribution in [1.29, 1.82) is 0 Å². The summed E-state index contributed by atoms with van der Waals surface area (Å²) in [6.07, 6.45) is 4.08. The van der Waals surface area contributed by atoms with Crippen LogP contribution in [0.4, 0.5) is 4.39 Å². The molecule has 142 valence electrons. The summed E-state index contributed by atoms with van der Waals surface area (Å²) in [6.45, 7) is 3.70. The minimum Gasteiger partial charge on any atom is -0.342 e. The second-order valence-electron chi connectivity index (χ2n) is 6.46. The van der Waals surface area contributed by atoms with Gasteiger partial charge in [0, 0.05) is 13.1 Å². The zero-order valence-electron chi connectivity index (χ0n) is 15.0. The first-order chi connectivity index (χ1) is 13.2. The normalized spacial score (nSPS) is 16.0. The first kappa shape index (κ1) is 18.4. The number of hydrogen-bond donors (Lipinski definition) is 0. The maximum atomic E-state index is 14.0. The number of thioether (sulfide) groups is 1. The molecule has 1 unspecified atom stereocenters. The Kier molecular flexibility index (Phi) is 5.40. The third-order valence-corrected chi connectivity index (χ3v) is 6.80. The van der Waals surface area contributed by atoms with Gasteiger partial charge in [-0.3, -0.25) is 4.79 Å². The van der Waals surface area contributed by atoms with E-state index in [1.165, 1.54) is 35.6 Å². The first-order valence-electron chi connectivity index (χ1n) is 9.08. The van der Waals surface area contributed by atoms with Crippen molar-refractivity contribution in [2.24, 2.45) is 0 Å². The number of aromatic nitrogens is 4. The number of halogens is 1. The molecule has 6 nitrogen and oxygen atoms in total. The predicted molar refractivity (Wildman–Crippen MR) is 104 cm³/mol. The molecule has 0 saturated carbocycles. The van der Waals surface area contributed by atoms with Crippen LogP contribution in [0.2, 0.25) is 0 Å². The molecule has 0 bridgehead atoms. The molecule has 0 aliphatic carbocycles. The Morgan fingerprint density at radius 1 is 1.26 bits per heavy atom. The van der Waals surface area contributed by atoms with Crippen LogP contribution >= 0.6 is 23.1 Å². The average Bonchev–Trinajstić information content (AvgIpc) is 3.31. The van der Waals surface area contributed by atoms with Gasteiger partial charge < -0.3 is 4.90 Å². The highest BCUT2D eigenvalue weighted by Crippen LogP contribution is 2.29. The van der Waals surface area contributed by atoms with Crippen LogP contribution in [0.15, 0.2) is 28.6 Å². The van der Waals surface area contributed by atoms with Crippen LogP contribution in [0, 0.1) is 5.82 Å². The molecule has 1 saturated heterocycles. The van der Waals surface area contributed by atoms with Crippen LogP contribution in [0.1, 0.15) is 32.6 Å². The number of carbonyl (C=O) groups excluding carboxylic acids is 1. The molecule has 4 rings (SSSR count). The monoisotopic (exact) mass is 405 g/mol. The number of piperidine rings is 1. The number of carbonyl (C=O) groups is 1. The van der Waals surface area contributed by atoms with E-state index < -0.39 is 0 Å². The maximum absolute atomic E-state index is 14.0. The summed E-state index contributed by atoms with van der Waals surface area (Å²) in [4.78, 5) is 15.2. The number of amides is 1. The van der Waals surface area contributed by atoms with Gasteiger partial charge in [0.25, 0.3) is 0 Å². The minimum atomic E-state index is -0.333. The van der Waals surface area contributed by atoms with Crippen LogP contribution in [0.5, 0.6) is 0 Å². The Morgan fingerprint density at radius 2 is 2.07 bits per heavy atom. The van der Waals surface area contributed by atoms with Crippen molar-refractivity contribution >= 4 is 34.7 Å². The zero-order chi connectivity index (χ0) is 18.8. The van der Waals surface area contributed by atoms with E-state index in [1.54, 1.807) is 16.0 Å². The van der Waals surface area contributed by atoms with Crippen LogP contribution < -0.4 is 0 Å². The molecule has 3 aromatic heterocycles. The first-order valence-corrected chi connectivity index (χ1v) is 10.8. The van der Waals surface area contributed by atoms with Gasteiger partial charge in [-0.05, 0) is 49.3 Å². The largest absolute Gasteiger partial charge is 0.342 e. The van der Waals surface area contributed by atoms with Crippen LogP contribution in [0.3, 0.4) is 0 Å². The summed E-state index contributed by atoms with van der Waals surface area (Å²) in [7, 11) is 0. The highest BCUT2D eigenvalue weighted by molar-refractivity contribution is 8.00. The Balaban J connectivity index is 1.59. The molecule has 4 heterocycles. The van der Waals surface area contributed by atoms with E-state index in [1.807, 2.05) is 17.9 Å². The molecular weight excluding hydrogens is 385 g/mol. The van der Waals surface area contributed by atoms with Crippen molar-refractivity contribution in [3.8, 4) is 10.7 Å². The summed E-state index contributed by atoms with van der Waals surface area (Å²) < 4.78 is 15.5. The average molecular weight is 406 g/mol. The van der Waals surface area contributed by atoms with Gasteiger partial charge in [0.05, 0.1) is 5.25 Å². The highest BCUT2D eigenvalue weighted by Gasteiger charge is 2.26. The SMILES string of the molecule is CCC(Sc1ccc2nnc(-c3sccc3F)n2n1)C(=O)N1CCCCC1. The van der Waals surface area contributed by atoms with Crippen molar-refractivity contribution in [2.75, 3.05) is 13.1 Å². The van der Waals surface area contributed by atoms with Gasteiger partial charge in [-0.25, -0.2) is 4.39 Å². The number of rotatable bonds is 5. The Labute approximate surface area is 164 Å². The van der Waals surface area contributed by atoms with Gasteiger partial charge in [-0.1, -0.05) is 18.7 Å². The Morgan fingerprint density at radius 3 is 2.78 bits per heavy atom. The number of thiophene rings is 1. The van der Waals surface area contributed by atoms with Crippen LogP contribution in [0.25, 0.3) is 16.3 Å². The summed E-state index contributed by atoms with van der Waals surface area (Å²) in [5.41, 5.74) is 0.553. The summed E-state index contributed by atoms with van der Waals surface area (Å²) in [5.74, 6) is 0.230. The molecule has 1 amide bonds. The fourth-order valence-corrected chi connectivity index (χ4v) is 4.92. The lowest BCUT2D eigenvalue weighted by molar-refractivity contribution is -0.131. The fourth-order valence-electron chi connectivity index (χ4n) is 3.20. The van der Waals surface area contributed by atoms with E-state index in [2.05, 4.69) is 15.3 Å². The number of nitrogens with zero attached hydrogens (tertiary/aromatic N) is 5. The van der Waals surface area contributed by atoms with Crippen LogP contribution in [-0.2, 0) is 4.79 Å². The molecule has 0 radical (unpaired) electrons. The van der Waals surface area contributed by atoms with Crippen LogP contribution in [-0.4, -0.2) is 49.0 Å². The molecule has 1 fully saturated rings. The predicted octanol–water partition coefficient (Wildman–Crippen LogP) is 3.88. The van der Waals surface area contributed by atoms with Crippen molar-refractivity contribution < 1.29 is 9.18 Å². The van der Waals surface area contributed by atoms with Crippen molar-refractivity contribution in [2.45, 2.75) is 42.9 Å². The van der Waals surface area contributed by atoms with E-state index in [9.17, 15) is 9.18 Å². The third-order valence-electron chi connectivity index (χ3n) is 4.64. The molecule has 1 aliphatic rings. The molecule has 0 N–H and O–H groups in total. The topological polar surface area (TPSA) is 63.4 Å². The lowest BCUT2D eigenvalue weighted by Crippen LogP contribution is -2.40. The number of hydrogen-bond acceptors (Lipinski definition) is 6. The summed E-state index contributed by atoms with van der Waals surface area (Å²) >= 11 is 2.71. The third kappa shape index (κ3) is 3.70. The Bertz CT molecular complexity index is 950. The standard InChI is InChI=1S/C18H20FN5OS2/c1-2-13(18(25)23-9-4-3-5-10-23)27-15-7-6-14-20-21-17(24(14)22-15)16-12(19)8-11-26-16/h6-8,11,13H,2-5,9-10H2,1H3. The molecule has 0 aromatic carbocycles. The summed E-state index contributed by atoms with van der Waals surface area (Å²) in [5, 5.41) is 14.9. The van der Waals surface area contributed by atoms with Gasteiger partial charge in [-0.15, -0.1) is 21.5 Å². The maximum Gasteiger partial charge on any atom is 0.236 e. The molecule has 3 aromatic rings. The van der Waals surface area contributed by atoms with E-state index in [0.29, 0.717) is 21.4 Å². The van der Waals surface area contributed by atoms with Gasteiger partial charge in [0.1, 0.15) is 15.7 Å². The van der Waals surface area contributed by atoms with E-state index in [-0.39, 0.29) is 17.0 Å².